The van der Waals surface area contributed by atoms with Gasteiger partial charge in [-0.15, -0.1) is 0 Å². The number of methoxy groups -OCH3 is 1. The molecule has 2 N–H and O–H groups in total. The van der Waals surface area contributed by atoms with Crippen molar-refractivity contribution in [2.24, 2.45) is 0 Å². The molecule has 1 aliphatic rings. The maximum Gasteiger partial charge on any atom is 0.276 e. The van der Waals surface area contributed by atoms with Gasteiger partial charge in [0, 0.05) is 23.9 Å². The van der Waals surface area contributed by atoms with Crippen molar-refractivity contribution in [2.75, 3.05) is 19.2 Å². The van der Waals surface area contributed by atoms with Gasteiger partial charge in [0.2, 0.25) is 6.79 Å². The molecule has 7 heteroatoms. The fourth-order valence-electron chi connectivity index (χ4n) is 2.70. The molecule has 0 aliphatic carbocycles. The molecule has 2 heterocycles. The number of nitrogens with one attached hydrogen (secondary N) is 2. The smallest absolute Gasteiger partial charge is 0.276 e. The van der Waals surface area contributed by atoms with Crippen LogP contribution in [0.2, 0.25) is 0 Å². The largest absolute Gasteiger partial charge is 0.497 e. The number of amides is 1. The van der Waals surface area contributed by atoms with Gasteiger partial charge in [-0.25, -0.2) is 0 Å². The second kappa shape index (κ2) is 6.79. The number of carbonyl (C=O) groups is 1. The van der Waals surface area contributed by atoms with Crippen molar-refractivity contribution in [1.82, 2.24) is 10.2 Å². The minimum Gasteiger partial charge on any atom is -0.497 e. The van der Waals surface area contributed by atoms with Crippen molar-refractivity contribution < 1.29 is 19.0 Å². The van der Waals surface area contributed by atoms with Crippen LogP contribution in [0, 0.1) is 0 Å². The highest BCUT2D eigenvalue weighted by molar-refractivity contribution is 6.03. The van der Waals surface area contributed by atoms with E-state index in [1.807, 2.05) is 24.3 Å². The number of aromatic nitrogens is 2. The Morgan fingerprint density at radius 3 is 2.77 bits per heavy atom. The summed E-state index contributed by atoms with van der Waals surface area (Å²) in [6, 6.07) is 14.8. The van der Waals surface area contributed by atoms with Crippen LogP contribution >= 0.6 is 0 Å². The number of ether oxygens (including phenoxy) is 3. The zero-order valence-corrected chi connectivity index (χ0v) is 14.1. The normalized spacial score (nSPS) is 12.0. The van der Waals surface area contributed by atoms with Crippen LogP contribution in [0.1, 0.15) is 21.7 Å². The van der Waals surface area contributed by atoms with Crippen LogP contribution in [0.3, 0.4) is 0 Å². The second-order valence-electron chi connectivity index (χ2n) is 5.83. The molecule has 0 unspecified atom stereocenters. The van der Waals surface area contributed by atoms with Crippen molar-refractivity contribution in [1.29, 1.82) is 0 Å². The summed E-state index contributed by atoms with van der Waals surface area (Å²) in [5.41, 5.74) is 2.90. The van der Waals surface area contributed by atoms with Crippen LogP contribution in [0.4, 0.5) is 5.69 Å². The van der Waals surface area contributed by atoms with Crippen molar-refractivity contribution in [3.05, 3.63) is 65.5 Å². The maximum atomic E-state index is 12.4. The molecule has 132 valence electrons. The number of rotatable bonds is 5. The number of fused-ring (bicyclic) bond motifs is 1. The van der Waals surface area contributed by atoms with Crippen LogP contribution in [0.25, 0.3) is 0 Å². The second-order valence-corrected chi connectivity index (χ2v) is 5.83. The highest BCUT2D eigenvalue weighted by Gasteiger charge is 2.16. The summed E-state index contributed by atoms with van der Waals surface area (Å²) in [6.45, 7) is 0.195. The van der Waals surface area contributed by atoms with E-state index in [0.29, 0.717) is 29.3 Å². The van der Waals surface area contributed by atoms with Crippen molar-refractivity contribution in [3.63, 3.8) is 0 Å². The summed E-state index contributed by atoms with van der Waals surface area (Å²) in [4.78, 5) is 12.4. The minimum atomic E-state index is -0.291. The molecule has 1 amide bonds. The SMILES string of the molecule is COc1ccc(Cc2cc(C(=O)Nc3ccc4c(c3)OCO4)n[nH]2)cc1. The topological polar surface area (TPSA) is 85.5 Å². The Hall–Kier alpha value is -3.48. The number of nitrogens with zero attached hydrogens (tertiary/aromatic N) is 1. The van der Waals surface area contributed by atoms with Crippen molar-refractivity contribution in [2.45, 2.75) is 6.42 Å². The maximum absolute atomic E-state index is 12.4. The number of aromatic amines is 1. The third kappa shape index (κ3) is 3.32. The summed E-state index contributed by atoms with van der Waals surface area (Å²) in [5.74, 6) is 1.80. The average Bonchev–Trinajstić information content (AvgIpc) is 3.31. The van der Waals surface area contributed by atoms with Gasteiger partial charge in [-0.3, -0.25) is 9.89 Å². The molecule has 7 nitrogen and oxygen atoms in total. The summed E-state index contributed by atoms with van der Waals surface area (Å²) >= 11 is 0. The van der Waals surface area contributed by atoms with E-state index < -0.39 is 0 Å². The quantitative estimate of drug-likeness (QED) is 0.738. The first-order valence-corrected chi connectivity index (χ1v) is 8.09. The molecule has 0 bridgehead atoms. The molecule has 0 saturated carbocycles. The number of carbonyl (C=O) groups excluding carboxylic acids is 1. The van der Waals surface area contributed by atoms with Crippen LogP contribution in [0.5, 0.6) is 17.2 Å². The van der Waals surface area contributed by atoms with Gasteiger partial charge in [0.15, 0.2) is 17.2 Å². The monoisotopic (exact) mass is 351 g/mol. The van der Waals surface area contributed by atoms with Crippen molar-refractivity contribution in [3.8, 4) is 17.2 Å². The lowest BCUT2D eigenvalue weighted by Crippen LogP contribution is -2.12. The Balaban J connectivity index is 1.42. The van der Waals surface area contributed by atoms with E-state index in [4.69, 9.17) is 14.2 Å². The third-order valence-electron chi connectivity index (χ3n) is 4.05. The predicted octanol–water partition coefficient (Wildman–Crippen LogP) is 2.99. The molecule has 2 aromatic carbocycles. The zero-order valence-electron chi connectivity index (χ0n) is 14.1. The molecule has 0 fully saturated rings. The first-order chi connectivity index (χ1) is 12.7. The first kappa shape index (κ1) is 16.0. The van der Waals surface area contributed by atoms with Crippen LogP contribution in [0.15, 0.2) is 48.5 Å². The number of hydrogen-bond donors (Lipinski definition) is 2. The third-order valence-corrected chi connectivity index (χ3v) is 4.05. The standard InChI is InChI=1S/C19H17N3O4/c1-24-15-5-2-12(3-6-15)8-14-9-16(22-21-14)19(23)20-13-4-7-17-18(10-13)26-11-25-17/h2-7,9-10H,8,11H2,1H3,(H,20,23)(H,21,22). The molecule has 4 rings (SSSR count). The van der Waals surface area contributed by atoms with E-state index >= 15 is 0 Å². The van der Waals surface area contributed by atoms with Crippen LogP contribution < -0.4 is 19.5 Å². The average molecular weight is 351 g/mol. The number of benzene rings is 2. The molecule has 1 aromatic heterocycles. The molecule has 1 aliphatic heterocycles. The molecular formula is C19H17N3O4. The highest BCUT2D eigenvalue weighted by atomic mass is 16.7. The Bertz CT molecular complexity index is 934. The summed E-state index contributed by atoms with van der Waals surface area (Å²) in [5, 5.41) is 9.81. The van der Waals surface area contributed by atoms with E-state index in [1.54, 1.807) is 31.4 Å². The number of H-pyrrole nitrogens is 1. The van der Waals surface area contributed by atoms with Gasteiger partial charge in [-0.2, -0.15) is 5.10 Å². The summed E-state index contributed by atoms with van der Waals surface area (Å²) in [6.07, 6.45) is 0.647. The summed E-state index contributed by atoms with van der Waals surface area (Å²) < 4.78 is 15.7. The van der Waals surface area contributed by atoms with Gasteiger partial charge in [-0.05, 0) is 35.9 Å². The number of hydrogen-bond acceptors (Lipinski definition) is 5. The summed E-state index contributed by atoms with van der Waals surface area (Å²) in [7, 11) is 1.63. The van der Waals surface area contributed by atoms with E-state index in [9.17, 15) is 4.79 Å². The van der Waals surface area contributed by atoms with Gasteiger partial charge < -0.3 is 19.5 Å². The van der Waals surface area contributed by atoms with Gasteiger partial charge in [-0.1, -0.05) is 12.1 Å². The molecule has 0 saturated heterocycles. The lowest BCUT2D eigenvalue weighted by molar-refractivity contribution is 0.102. The Labute approximate surface area is 149 Å². The van der Waals surface area contributed by atoms with E-state index in [-0.39, 0.29) is 12.7 Å². The van der Waals surface area contributed by atoms with Gasteiger partial charge in [0.1, 0.15) is 5.75 Å². The van der Waals surface area contributed by atoms with Gasteiger partial charge >= 0.3 is 0 Å². The van der Waals surface area contributed by atoms with Crippen molar-refractivity contribution >= 4 is 11.6 Å². The fourth-order valence-corrected chi connectivity index (χ4v) is 2.70. The molecular weight excluding hydrogens is 334 g/mol. The van der Waals surface area contributed by atoms with E-state index in [1.165, 1.54) is 0 Å². The van der Waals surface area contributed by atoms with E-state index in [0.717, 1.165) is 17.0 Å². The fraction of sp³-hybridized carbons (Fsp3) is 0.158. The lowest BCUT2D eigenvalue weighted by atomic mass is 10.1. The Kier molecular flexibility index (Phi) is 4.18. The van der Waals surface area contributed by atoms with Crippen LogP contribution in [-0.2, 0) is 6.42 Å². The molecule has 3 aromatic rings. The Morgan fingerprint density at radius 2 is 1.96 bits per heavy atom. The van der Waals surface area contributed by atoms with Gasteiger partial charge in [0.25, 0.3) is 5.91 Å². The highest BCUT2D eigenvalue weighted by Crippen LogP contribution is 2.34. The molecule has 0 radical (unpaired) electrons. The first-order valence-electron chi connectivity index (χ1n) is 8.09. The number of anilines is 1. The lowest BCUT2D eigenvalue weighted by Gasteiger charge is -2.04. The minimum absolute atomic E-state index is 0.195. The zero-order chi connectivity index (χ0) is 17.9. The molecule has 0 atom stereocenters. The Morgan fingerprint density at radius 1 is 1.15 bits per heavy atom. The van der Waals surface area contributed by atoms with E-state index in [2.05, 4.69) is 15.5 Å². The van der Waals surface area contributed by atoms with Gasteiger partial charge in [0.05, 0.1) is 7.11 Å². The van der Waals surface area contributed by atoms with Crippen LogP contribution in [-0.4, -0.2) is 30.0 Å². The predicted molar refractivity (Wildman–Crippen MR) is 94.9 cm³/mol. The molecule has 26 heavy (non-hydrogen) atoms. The molecule has 0 spiro atoms.